The van der Waals surface area contributed by atoms with Gasteiger partial charge in [-0.1, -0.05) is 17.7 Å². The van der Waals surface area contributed by atoms with Gasteiger partial charge in [-0.15, -0.1) is 11.3 Å². The van der Waals surface area contributed by atoms with Gasteiger partial charge in [-0.3, -0.25) is 14.9 Å². The van der Waals surface area contributed by atoms with Gasteiger partial charge in [-0.25, -0.2) is 8.42 Å². The van der Waals surface area contributed by atoms with Gasteiger partial charge < -0.3 is 4.90 Å². The monoisotopic (exact) mass is 415 g/mol. The summed E-state index contributed by atoms with van der Waals surface area (Å²) in [6.45, 7) is 0.719. The van der Waals surface area contributed by atoms with Crippen LogP contribution in [0.15, 0.2) is 41.3 Å². The molecule has 1 aliphatic rings. The van der Waals surface area contributed by atoms with Crippen LogP contribution in [0, 0.1) is 10.1 Å². The zero-order chi connectivity index (χ0) is 18.9. The highest BCUT2D eigenvalue weighted by Crippen LogP contribution is 2.25. The molecule has 1 amide bonds. The van der Waals surface area contributed by atoms with Gasteiger partial charge in [-0.05, 0) is 18.2 Å². The van der Waals surface area contributed by atoms with Crippen molar-refractivity contribution in [3.8, 4) is 0 Å². The van der Waals surface area contributed by atoms with Crippen LogP contribution in [-0.2, 0) is 10.0 Å². The summed E-state index contributed by atoms with van der Waals surface area (Å²) in [5.41, 5.74) is -0.283. The lowest BCUT2D eigenvalue weighted by molar-refractivity contribution is -0.385. The molecule has 0 N–H and O–H groups in total. The molecule has 1 aromatic carbocycles. The number of non-ortho nitro benzene ring substituents is 1. The minimum absolute atomic E-state index is 0.121. The van der Waals surface area contributed by atoms with Crippen molar-refractivity contribution < 1.29 is 18.1 Å². The Morgan fingerprint density at radius 3 is 2.42 bits per heavy atom. The van der Waals surface area contributed by atoms with Crippen molar-refractivity contribution in [1.82, 2.24) is 9.21 Å². The second kappa shape index (κ2) is 7.31. The van der Waals surface area contributed by atoms with Crippen LogP contribution in [0.25, 0.3) is 0 Å². The molecule has 0 atom stereocenters. The first kappa shape index (κ1) is 18.8. The van der Waals surface area contributed by atoms with Crippen LogP contribution >= 0.6 is 22.9 Å². The Kier molecular flexibility index (Phi) is 5.28. The fourth-order valence-electron chi connectivity index (χ4n) is 2.62. The number of nitrogens with zero attached hydrogens (tertiary/aromatic N) is 3. The highest BCUT2D eigenvalue weighted by molar-refractivity contribution is 7.89. The van der Waals surface area contributed by atoms with E-state index in [1.807, 2.05) is 0 Å². The molecule has 0 spiro atoms. The maximum atomic E-state index is 12.7. The molecule has 0 saturated carbocycles. The average Bonchev–Trinajstić information content (AvgIpc) is 3.07. The van der Waals surface area contributed by atoms with Gasteiger partial charge in [0.15, 0.2) is 0 Å². The molecule has 1 saturated heterocycles. The van der Waals surface area contributed by atoms with Gasteiger partial charge in [0.1, 0.15) is 0 Å². The quantitative estimate of drug-likeness (QED) is 0.564. The first-order chi connectivity index (χ1) is 12.3. The summed E-state index contributed by atoms with van der Waals surface area (Å²) in [5, 5.41) is 10.9. The Balaban J connectivity index is 1.72. The molecular weight excluding hydrogens is 402 g/mol. The molecule has 2 aromatic rings. The van der Waals surface area contributed by atoms with Crippen molar-refractivity contribution in [2.75, 3.05) is 26.2 Å². The zero-order valence-electron chi connectivity index (χ0n) is 13.4. The van der Waals surface area contributed by atoms with E-state index in [0.717, 1.165) is 6.07 Å². The van der Waals surface area contributed by atoms with Gasteiger partial charge in [0.05, 0.1) is 19.0 Å². The Bertz CT molecular complexity index is 952. The van der Waals surface area contributed by atoms with E-state index in [0.29, 0.717) is 9.21 Å². The van der Waals surface area contributed by atoms with Crippen LogP contribution < -0.4 is 0 Å². The molecule has 3 rings (SSSR count). The summed E-state index contributed by atoms with van der Waals surface area (Å²) in [4.78, 5) is 24.6. The zero-order valence-corrected chi connectivity index (χ0v) is 15.8. The fraction of sp³-hybridized carbons (Fsp3) is 0.267. The second-order valence-corrected chi connectivity index (χ2v) is 9.21. The second-order valence-electron chi connectivity index (χ2n) is 5.55. The summed E-state index contributed by atoms with van der Waals surface area (Å²) in [7, 11) is -3.86. The summed E-state index contributed by atoms with van der Waals surface area (Å²) in [5.74, 6) is -0.186. The summed E-state index contributed by atoms with van der Waals surface area (Å²) in [6, 6.07) is 8.23. The molecule has 138 valence electrons. The number of nitro benzene ring substituents is 1. The normalized spacial score (nSPS) is 15.8. The SMILES string of the molecule is O=C(c1ccc(Cl)s1)N1CCN(S(=O)(=O)c2cccc([N+](=O)[O-])c2)CC1. The van der Waals surface area contributed by atoms with Crippen LogP contribution in [0.3, 0.4) is 0 Å². The third-order valence-corrected chi connectivity index (χ3v) is 7.09. The number of thiophene rings is 1. The fourth-order valence-corrected chi connectivity index (χ4v) is 5.10. The lowest BCUT2D eigenvalue weighted by atomic mass is 10.3. The number of hydrogen-bond donors (Lipinski definition) is 0. The molecule has 0 aliphatic carbocycles. The van der Waals surface area contributed by atoms with E-state index in [2.05, 4.69) is 0 Å². The number of halogens is 1. The molecule has 26 heavy (non-hydrogen) atoms. The number of benzene rings is 1. The topological polar surface area (TPSA) is 101 Å². The van der Waals surface area contributed by atoms with Crippen molar-refractivity contribution >= 4 is 44.6 Å². The number of sulfonamides is 1. The van der Waals surface area contributed by atoms with Crippen molar-refractivity contribution in [3.63, 3.8) is 0 Å². The first-order valence-corrected chi connectivity index (χ1v) is 10.2. The molecule has 11 heteroatoms. The van der Waals surface area contributed by atoms with E-state index >= 15 is 0 Å². The summed E-state index contributed by atoms with van der Waals surface area (Å²) in [6.07, 6.45) is 0. The van der Waals surface area contributed by atoms with E-state index in [1.165, 1.54) is 33.8 Å². The molecular formula is C15H14ClN3O5S2. The number of amides is 1. The average molecular weight is 416 g/mol. The van der Waals surface area contributed by atoms with Gasteiger partial charge in [0.25, 0.3) is 11.6 Å². The molecule has 1 aromatic heterocycles. The van der Waals surface area contributed by atoms with Crippen LogP contribution in [0.5, 0.6) is 0 Å². The Hall–Kier alpha value is -2.01. The molecule has 2 heterocycles. The van der Waals surface area contributed by atoms with Gasteiger partial charge in [0.2, 0.25) is 10.0 Å². The maximum absolute atomic E-state index is 12.7. The van der Waals surface area contributed by atoms with E-state index in [1.54, 1.807) is 17.0 Å². The standard InChI is InChI=1S/C15H14ClN3O5S2/c16-14-5-4-13(25-14)15(20)17-6-8-18(9-7-17)26(23,24)12-3-1-2-11(10-12)19(21)22/h1-5,10H,6-9H2. The van der Waals surface area contributed by atoms with E-state index in [4.69, 9.17) is 11.6 Å². The molecule has 1 aliphatic heterocycles. The lowest BCUT2D eigenvalue weighted by Gasteiger charge is -2.33. The first-order valence-electron chi connectivity index (χ1n) is 7.58. The third kappa shape index (κ3) is 3.73. The molecule has 1 fully saturated rings. The Morgan fingerprint density at radius 1 is 1.15 bits per heavy atom. The Labute approximate surface area is 158 Å². The minimum Gasteiger partial charge on any atom is -0.335 e. The van der Waals surface area contributed by atoms with Crippen molar-refractivity contribution in [3.05, 3.63) is 55.7 Å². The predicted molar refractivity (Wildman–Crippen MR) is 97.1 cm³/mol. The number of piperazine rings is 1. The maximum Gasteiger partial charge on any atom is 0.270 e. The van der Waals surface area contributed by atoms with E-state index in [-0.39, 0.29) is 42.7 Å². The molecule has 8 nitrogen and oxygen atoms in total. The van der Waals surface area contributed by atoms with Crippen molar-refractivity contribution in [1.29, 1.82) is 0 Å². The smallest absolute Gasteiger partial charge is 0.270 e. The number of carbonyl (C=O) groups excluding carboxylic acids is 1. The lowest BCUT2D eigenvalue weighted by Crippen LogP contribution is -2.50. The number of hydrogen-bond acceptors (Lipinski definition) is 6. The van der Waals surface area contributed by atoms with E-state index in [9.17, 15) is 23.3 Å². The Morgan fingerprint density at radius 2 is 1.85 bits per heavy atom. The summed E-state index contributed by atoms with van der Waals surface area (Å²) >= 11 is 7.02. The molecule has 0 unspecified atom stereocenters. The van der Waals surface area contributed by atoms with Gasteiger partial charge >= 0.3 is 0 Å². The minimum atomic E-state index is -3.86. The highest BCUT2D eigenvalue weighted by atomic mass is 35.5. The predicted octanol–water partition coefficient (Wildman–Crippen LogP) is 2.46. The van der Waals surface area contributed by atoms with Gasteiger partial charge in [-0.2, -0.15) is 4.31 Å². The number of nitro groups is 1. The molecule has 0 radical (unpaired) electrons. The molecule has 0 bridgehead atoms. The van der Waals surface area contributed by atoms with Gasteiger partial charge in [0, 0.05) is 38.3 Å². The van der Waals surface area contributed by atoms with Crippen molar-refractivity contribution in [2.24, 2.45) is 0 Å². The van der Waals surface area contributed by atoms with Crippen molar-refractivity contribution in [2.45, 2.75) is 4.90 Å². The van der Waals surface area contributed by atoms with E-state index < -0.39 is 14.9 Å². The van der Waals surface area contributed by atoms with Crippen LogP contribution in [-0.4, -0.2) is 54.6 Å². The highest BCUT2D eigenvalue weighted by Gasteiger charge is 2.31. The van der Waals surface area contributed by atoms with Crippen LogP contribution in [0.2, 0.25) is 4.34 Å². The third-order valence-electron chi connectivity index (χ3n) is 3.98. The summed E-state index contributed by atoms with van der Waals surface area (Å²) < 4.78 is 27.1. The van der Waals surface area contributed by atoms with Crippen LogP contribution in [0.4, 0.5) is 5.69 Å². The number of carbonyl (C=O) groups is 1. The number of rotatable bonds is 4. The van der Waals surface area contributed by atoms with Crippen LogP contribution in [0.1, 0.15) is 9.67 Å². The largest absolute Gasteiger partial charge is 0.335 e.